The molecule has 0 radical (unpaired) electrons. The second kappa shape index (κ2) is 10.8. The number of benzene rings is 2. The molecule has 1 heterocycles. The average molecular weight is 412 g/mol. The zero-order valence-corrected chi connectivity index (χ0v) is 17.5. The molecule has 0 N–H and O–H groups in total. The molecule has 0 unspecified atom stereocenters. The molecule has 3 aromatic rings. The minimum atomic E-state index is 0.168. The van der Waals surface area contributed by atoms with Gasteiger partial charge >= 0.3 is 0 Å². The standard InChI is InChI=1S/C22H25N3O3S/c1-17(26)12-15-29-22-24-23-21(25(22)13-14-27-2)16-28-20-11-7-6-10-19(20)18-8-4-3-5-9-18/h3-11H,12-16H2,1-2H3. The SMILES string of the molecule is COCCn1c(COc2ccccc2-c2ccccc2)nnc1SCCC(C)=O. The molecule has 7 heteroatoms. The summed E-state index contributed by atoms with van der Waals surface area (Å²) in [6.07, 6.45) is 0.512. The van der Waals surface area contributed by atoms with Gasteiger partial charge in [-0.2, -0.15) is 0 Å². The predicted octanol–water partition coefficient (Wildman–Crippen LogP) is 4.24. The Morgan fingerprint density at radius 3 is 2.59 bits per heavy atom. The summed E-state index contributed by atoms with van der Waals surface area (Å²) in [4.78, 5) is 11.2. The highest BCUT2D eigenvalue weighted by Gasteiger charge is 2.14. The molecule has 0 spiro atoms. The van der Waals surface area contributed by atoms with Gasteiger partial charge in [-0.15, -0.1) is 10.2 Å². The Kier molecular flexibility index (Phi) is 7.84. The Bertz CT molecular complexity index is 928. The first kappa shape index (κ1) is 21.1. The number of ketones is 1. The Labute approximate surface area is 175 Å². The largest absolute Gasteiger partial charge is 0.485 e. The second-order valence-corrected chi connectivity index (χ2v) is 7.56. The summed E-state index contributed by atoms with van der Waals surface area (Å²) < 4.78 is 13.4. The van der Waals surface area contributed by atoms with Crippen LogP contribution in [-0.4, -0.2) is 40.0 Å². The topological polar surface area (TPSA) is 66.2 Å². The van der Waals surface area contributed by atoms with Crippen molar-refractivity contribution in [3.8, 4) is 16.9 Å². The number of Topliss-reactive ketones (excluding diaryl/α,β-unsaturated/α-hetero) is 1. The number of nitrogens with zero attached hydrogens (tertiary/aromatic N) is 3. The maximum Gasteiger partial charge on any atom is 0.191 e. The van der Waals surface area contributed by atoms with Crippen LogP contribution >= 0.6 is 11.8 Å². The molecule has 0 atom stereocenters. The van der Waals surface area contributed by atoms with Crippen LogP contribution in [0.15, 0.2) is 59.8 Å². The molecular formula is C22H25N3O3S. The molecule has 1 aromatic heterocycles. The summed E-state index contributed by atoms with van der Waals surface area (Å²) in [5.41, 5.74) is 2.14. The lowest BCUT2D eigenvalue weighted by Gasteiger charge is -2.13. The number of thioether (sulfide) groups is 1. The molecule has 0 saturated carbocycles. The van der Waals surface area contributed by atoms with E-state index in [0.717, 1.165) is 27.9 Å². The van der Waals surface area contributed by atoms with Crippen molar-refractivity contribution < 1.29 is 14.3 Å². The van der Waals surface area contributed by atoms with Crippen LogP contribution in [0.1, 0.15) is 19.2 Å². The summed E-state index contributed by atoms with van der Waals surface area (Å²) in [6, 6.07) is 18.1. The van der Waals surface area contributed by atoms with Crippen molar-refractivity contribution >= 4 is 17.5 Å². The lowest BCUT2D eigenvalue weighted by atomic mass is 10.1. The van der Waals surface area contributed by atoms with Crippen molar-refractivity contribution in [1.82, 2.24) is 14.8 Å². The van der Waals surface area contributed by atoms with Crippen LogP contribution in [0.5, 0.6) is 5.75 Å². The van der Waals surface area contributed by atoms with Gasteiger partial charge in [-0.05, 0) is 18.6 Å². The third-order valence-electron chi connectivity index (χ3n) is 4.33. The van der Waals surface area contributed by atoms with Crippen molar-refractivity contribution in [1.29, 1.82) is 0 Å². The summed E-state index contributed by atoms with van der Waals surface area (Å²) in [7, 11) is 1.67. The van der Waals surface area contributed by atoms with E-state index in [0.29, 0.717) is 31.9 Å². The highest BCUT2D eigenvalue weighted by molar-refractivity contribution is 7.99. The van der Waals surface area contributed by atoms with E-state index in [4.69, 9.17) is 9.47 Å². The van der Waals surface area contributed by atoms with E-state index in [-0.39, 0.29) is 5.78 Å². The molecule has 0 bridgehead atoms. The van der Waals surface area contributed by atoms with E-state index in [9.17, 15) is 4.79 Å². The zero-order chi connectivity index (χ0) is 20.5. The van der Waals surface area contributed by atoms with Gasteiger partial charge in [0, 0.05) is 31.4 Å². The van der Waals surface area contributed by atoms with Gasteiger partial charge in [0.1, 0.15) is 18.1 Å². The Morgan fingerprint density at radius 1 is 1.07 bits per heavy atom. The quantitative estimate of drug-likeness (QED) is 0.440. The van der Waals surface area contributed by atoms with E-state index >= 15 is 0 Å². The minimum Gasteiger partial charge on any atom is -0.485 e. The fourth-order valence-electron chi connectivity index (χ4n) is 2.82. The summed E-state index contributed by atoms with van der Waals surface area (Å²) in [5.74, 6) is 2.38. The number of ether oxygens (including phenoxy) is 2. The van der Waals surface area contributed by atoms with Crippen LogP contribution in [0.4, 0.5) is 0 Å². The van der Waals surface area contributed by atoms with Crippen molar-refractivity contribution in [3.05, 3.63) is 60.4 Å². The molecule has 0 aliphatic rings. The van der Waals surface area contributed by atoms with E-state index in [1.54, 1.807) is 14.0 Å². The number of hydrogen-bond donors (Lipinski definition) is 0. The second-order valence-electron chi connectivity index (χ2n) is 6.49. The van der Waals surface area contributed by atoms with Gasteiger partial charge in [-0.25, -0.2) is 0 Å². The first-order valence-corrected chi connectivity index (χ1v) is 10.5. The third kappa shape index (κ3) is 5.92. The first-order chi connectivity index (χ1) is 14.2. The van der Waals surface area contributed by atoms with Crippen molar-refractivity contribution in [2.45, 2.75) is 31.7 Å². The van der Waals surface area contributed by atoms with Gasteiger partial charge in [-0.1, -0.05) is 60.3 Å². The average Bonchev–Trinajstić information content (AvgIpc) is 3.13. The van der Waals surface area contributed by atoms with Crippen LogP contribution in [0.3, 0.4) is 0 Å². The van der Waals surface area contributed by atoms with E-state index in [1.165, 1.54) is 11.8 Å². The maximum absolute atomic E-state index is 11.2. The molecule has 0 aliphatic carbocycles. The van der Waals surface area contributed by atoms with Crippen LogP contribution in [-0.2, 0) is 22.7 Å². The van der Waals surface area contributed by atoms with Crippen molar-refractivity contribution in [2.75, 3.05) is 19.5 Å². The molecule has 3 rings (SSSR count). The number of para-hydroxylation sites is 1. The minimum absolute atomic E-state index is 0.168. The van der Waals surface area contributed by atoms with Crippen molar-refractivity contribution in [3.63, 3.8) is 0 Å². The molecule has 6 nitrogen and oxygen atoms in total. The molecule has 0 amide bonds. The van der Waals surface area contributed by atoms with Crippen LogP contribution in [0.2, 0.25) is 0 Å². The van der Waals surface area contributed by atoms with Crippen LogP contribution < -0.4 is 4.74 Å². The Balaban J connectivity index is 1.75. The number of hydrogen-bond acceptors (Lipinski definition) is 6. The van der Waals surface area contributed by atoms with E-state index in [2.05, 4.69) is 22.3 Å². The first-order valence-electron chi connectivity index (χ1n) is 9.49. The fourth-order valence-corrected chi connectivity index (χ4v) is 3.84. The monoisotopic (exact) mass is 411 g/mol. The molecule has 0 saturated heterocycles. The number of methoxy groups -OCH3 is 1. The van der Waals surface area contributed by atoms with Gasteiger partial charge in [0.25, 0.3) is 0 Å². The molecular weight excluding hydrogens is 386 g/mol. The number of rotatable bonds is 11. The lowest BCUT2D eigenvalue weighted by molar-refractivity contribution is -0.116. The normalized spacial score (nSPS) is 10.8. The van der Waals surface area contributed by atoms with E-state index < -0.39 is 0 Å². The molecule has 29 heavy (non-hydrogen) atoms. The van der Waals surface area contributed by atoms with Crippen LogP contribution in [0.25, 0.3) is 11.1 Å². The number of aromatic nitrogens is 3. The lowest BCUT2D eigenvalue weighted by Crippen LogP contribution is -2.12. The summed E-state index contributed by atoms with van der Waals surface area (Å²) in [6.45, 7) is 3.07. The maximum atomic E-state index is 11.2. The fraction of sp³-hybridized carbons (Fsp3) is 0.318. The molecule has 152 valence electrons. The molecule has 0 aliphatic heterocycles. The predicted molar refractivity (Wildman–Crippen MR) is 114 cm³/mol. The summed E-state index contributed by atoms with van der Waals surface area (Å²) in [5, 5.41) is 9.37. The van der Waals surface area contributed by atoms with Gasteiger partial charge < -0.3 is 14.0 Å². The Morgan fingerprint density at radius 2 is 1.83 bits per heavy atom. The van der Waals surface area contributed by atoms with Gasteiger partial charge in [0.2, 0.25) is 0 Å². The highest BCUT2D eigenvalue weighted by atomic mass is 32.2. The molecule has 2 aromatic carbocycles. The van der Waals surface area contributed by atoms with Crippen LogP contribution in [0, 0.1) is 0 Å². The highest BCUT2D eigenvalue weighted by Crippen LogP contribution is 2.30. The third-order valence-corrected chi connectivity index (χ3v) is 5.29. The number of carbonyl (C=O) groups is 1. The molecule has 0 fully saturated rings. The Hall–Kier alpha value is -2.64. The zero-order valence-electron chi connectivity index (χ0n) is 16.7. The number of carbonyl (C=O) groups excluding carboxylic acids is 1. The summed E-state index contributed by atoms with van der Waals surface area (Å²) >= 11 is 1.53. The van der Waals surface area contributed by atoms with Gasteiger partial charge in [0.15, 0.2) is 11.0 Å². The van der Waals surface area contributed by atoms with Gasteiger partial charge in [0.05, 0.1) is 6.61 Å². The smallest absolute Gasteiger partial charge is 0.191 e. The van der Waals surface area contributed by atoms with Crippen molar-refractivity contribution in [2.24, 2.45) is 0 Å². The van der Waals surface area contributed by atoms with Gasteiger partial charge in [-0.3, -0.25) is 4.79 Å². The van der Waals surface area contributed by atoms with E-state index in [1.807, 2.05) is 47.0 Å².